The predicted molar refractivity (Wildman–Crippen MR) is 91.0 cm³/mol. The Morgan fingerprint density at radius 2 is 1.77 bits per heavy atom. The lowest BCUT2D eigenvalue weighted by Crippen LogP contribution is -2.23. The molecule has 4 nitrogen and oxygen atoms in total. The minimum atomic E-state index is 0.489. The van der Waals surface area contributed by atoms with Gasteiger partial charge in [-0.1, -0.05) is 24.3 Å². The lowest BCUT2D eigenvalue weighted by atomic mass is 10.0. The molecule has 116 valence electrons. The van der Waals surface area contributed by atoms with E-state index in [4.69, 9.17) is 0 Å². The fourth-order valence-electron chi connectivity index (χ4n) is 3.08. The summed E-state index contributed by atoms with van der Waals surface area (Å²) in [6.45, 7) is 6.73. The zero-order valence-electron chi connectivity index (χ0n) is 13.6. The third-order valence-corrected chi connectivity index (χ3v) is 4.45. The van der Waals surface area contributed by atoms with Crippen molar-refractivity contribution in [1.29, 1.82) is 0 Å². The summed E-state index contributed by atoms with van der Waals surface area (Å²) in [5.74, 6) is 1.64. The molecule has 4 heteroatoms. The van der Waals surface area contributed by atoms with Crippen LogP contribution in [0.5, 0.6) is 0 Å². The molecule has 1 aliphatic heterocycles. The molecule has 0 bridgehead atoms. The number of likely N-dealkylation sites (tertiary alicyclic amines) is 1. The summed E-state index contributed by atoms with van der Waals surface area (Å²) in [6, 6.07) is 11.1. The zero-order valence-corrected chi connectivity index (χ0v) is 13.6. The lowest BCUT2D eigenvalue weighted by Gasteiger charge is -2.24. The van der Waals surface area contributed by atoms with E-state index in [0.29, 0.717) is 6.04 Å². The second-order valence-corrected chi connectivity index (χ2v) is 6.01. The molecule has 2 aromatic rings. The SMILES string of the molecule is CNc1cc(C)nc(-c2ccc(C(C)N3CCCC3)cc2)n1. The van der Waals surface area contributed by atoms with E-state index in [2.05, 4.69) is 51.4 Å². The Morgan fingerprint density at radius 1 is 1.09 bits per heavy atom. The maximum Gasteiger partial charge on any atom is 0.161 e. The van der Waals surface area contributed by atoms with Gasteiger partial charge in [-0.2, -0.15) is 0 Å². The molecule has 1 fully saturated rings. The number of hydrogen-bond acceptors (Lipinski definition) is 4. The highest BCUT2D eigenvalue weighted by Crippen LogP contribution is 2.26. The highest BCUT2D eigenvalue weighted by molar-refractivity contribution is 5.58. The molecule has 0 amide bonds. The summed E-state index contributed by atoms with van der Waals surface area (Å²) >= 11 is 0. The quantitative estimate of drug-likeness (QED) is 0.935. The lowest BCUT2D eigenvalue weighted by molar-refractivity contribution is 0.263. The Hall–Kier alpha value is -1.94. The molecule has 0 aliphatic carbocycles. The smallest absolute Gasteiger partial charge is 0.161 e. The molecule has 2 heterocycles. The van der Waals surface area contributed by atoms with E-state index >= 15 is 0 Å². The van der Waals surface area contributed by atoms with Crippen LogP contribution >= 0.6 is 0 Å². The number of aromatic nitrogens is 2. The predicted octanol–water partition coefficient (Wildman–Crippen LogP) is 3.65. The van der Waals surface area contributed by atoms with Crippen LogP contribution in [0.2, 0.25) is 0 Å². The maximum absolute atomic E-state index is 4.54. The first-order valence-corrected chi connectivity index (χ1v) is 8.05. The van der Waals surface area contributed by atoms with Crippen molar-refractivity contribution in [2.45, 2.75) is 32.7 Å². The van der Waals surface area contributed by atoms with Crippen LogP contribution in [-0.2, 0) is 0 Å². The molecule has 0 saturated carbocycles. The van der Waals surface area contributed by atoms with Crippen molar-refractivity contribution in [2.24, 2.45) is 0 Å². The van der Waals surface area contributed by atoms with Crippen LogP contribution in [-0.4, -0.2) is 35.0 Å². The molecule has 3 rings (SSSR count). The van der Waals surface area contributed by atoms with Gasteiger partial charge in [-0.15, -0.1) is 0 Å². The van der Waals surface area contributed by atoms with Gasteiger partial charge in [0.05, 0.1) is 0 Å². The molecule has 0 spiro atoms. The molecule has 1 unspecified atom stereocenters. The second-order valence-electron chi connectivity index (χ2n) is 6.01. The highest BCUT2D eigenvalue weighted by atomic mass is 15.2. The summed E-state index contributed by atoms with van der Waals surface area (Å²) in [5, 5.41) is 3.09. The van der Waals surface area contributed by atoms with E-state index in [1.165, 1.54) is 31.5 Å². The van der Waals surface area contributed by atoms with Crippen LogP contribution in [0.3, 0.4) is 0 Å². The standard InChI is InChI=1S/C18H24N4/c1-13-12-17(19-3)21-18(20-13)16-8-6-15(7-9-16)14(2)22-10-4-5-11-22/h6-9,12,14H,4-5,10-11H2,1-3H3,(H,19,20,21). The van der Waals surface area contributed by atoms with Gasteiger partial charge in [-0.3, -0.25) is 4.90 Å². The van der Waals surface area contributed by atoms with E-state index in [1.54, 1.807) is 0 Å². The summed E-state index contributed by atoms with van der Waals surface area (Å²) in [5.41, 5.74) is 3.41. The van der Waals surface area contributed by atoms with E-state index in [1.807, 2.05) is 20.0 Å². The minimum absolute atomic E-state index is 0.489. The van der Waals surface area contributed by atoms with Crippen LogP contribution in [0.4, 0.5) is 5.82 Å². The van der Waals surface area contributed by atoms with Crippen molar-refractivity contribution in [2.75, 3.05) is 25.5 Å². The van der Waals surface area contributed by atoms with Crippen LogP contribution < -0.4 is 5.32 Å². The number of aryl methyl sites for hydroxylation is 1. The third-order valence-electron chi connectivity index (χ3n) is 4.45. The number of benzene rings is 1. The Bertz CT molecular complexity index is 630. The summed E-state index contributed by atoms with van der Waals surface area (Å²) in [6.07, 6.45) is 2.65. The van der Waals surface area contributed by atoms with Gasteiger partial charge in [-0.25, -0.2) is 9.97 Å². The number of hydrogen-bond donors (Lipinski definition) is 1. The van der Waals surface area contributed by atoms with Gasteiger partial charge >= 0.3 is 0 Å². The Morgan fingerprint density at radius 3 is 2.41 bits per heavy atom. The zero-order chi connectivity index (χ0) is 15.5. The van der Waals surface area contributed by atoms with Crippen molar-refractivity contribution in [3.05, 3.63) is 41.6 Å². The van der Waals surface area contributed by atoms with Gasteiger partial charge in [0, 0.05) is 30.4 Å². The summed E-state index contributed by atoms with van der Waals surface area (Å²) in [4.78, 5) is 11.6. The number of nitrogens with one attached hydrogen (secondary N) is 1. The first-order valence-electron chi connectivity index (χ1n) is 8.05. The Kier molecular flexibility index (Phi) is 4.39. The molecule has 22 heavy (non-hydrogen) atoms. The van der Waals surface area contributed by atoms with E-state index < -0.39 is 0 Å². The van der Waals surface area contributed by atoms with Gasteiger partial charge < -0.3 is 5.32 Å². The fraction of sp³-hybridized carbons (Fsp3) is 0.444. The van der Waals surface area contributed by atoms with E-state index in [0.717, 1.165) is 22.9 Å². The summed E-state index contributed by atoms with van der Waals surface area (Å²) < 4.78 is 0. The Labute approximate surface area is 132 Å². The van der Waals surface area contributed by atoms with Crippen LogP contribution in [0, 0.1) is 6.92 Å². The molecule has 1 N–H and O–H groups in total. The topological polar surface area (TPSA) is 41.1 Å². The monoisotopic (exact) mass is 296 g/mol. The normalized spacial score (nSPS) is 16.7. The third kappa shape index (κ3) is 3.12. The van der Waals surface area contributed by atoms with E-state index in [9.17, 15) is 0 Å². The second kappa shape index (κ2) is 6.44. The average molecular weight is 296 g/mol. The molecular weight excluding hydrogens is 272 g/mol. The number of nitrogens with zero attached hydrogens (tertiary/aromatic N) is 3. The molecular formula is C18H24N4. The fourth-order valence-corrected chi connectivity index (χ4v) is 3.08. The van der Waals surface area contributed by atoms with Crippen molar-refractivity contribution < 1.29 is 0 Å². The van der Waals surface area contributed by atoms with Gasteiger partial charge in [0.2, 0.25) is 0 Å². The van der Waals surface area contributed by atoms with Crippen LogP contribution in [0.25, 0.3) is 11.4 Å². The molecule has 1 aromatic carbocycles. The van der Waals surface area contributed by atoms with Crippen molar-refractivity contribution in [3.63, 3.8) is 0 Å². The number of rotatable bonds is 4. The Balaban J connectivity index is 1.83. The molecule has 1 aliphatic rings. The van der Waals surface area contributed by atoms with Crippen molar-refractivity contribution in [1.82, 2.24) is 14.9 Å². The van der Waals surface area contributed by atoms with Crippen LogP contribution in [0.1, 0.15) is 37.1 Å². The number of anilines is 1. The molecule has 1 atom stereocenters. The first-order chi connectivity index (χ1) is 10.7. The first kappa shape index (κ1) is 15.0. The van der Waals surface area contributed by atoms with Gasteiger partial charge in [-0.05, 0) is 45.3 Å². The van der Waals surface area contributed by atoms with Gasteiger partial charge in [0.1, 0.15) is 5.82 Å². The van der Waals surface area contributed by atoms with Gasteiger partial charge in [0.25, 0.3) is 0 Å². The van der Waals surface area contributed by atoms with Gasteiger partial charge in [0.15, 0.2) is 5.82 Å². The maximum atomic E-state index is 4.54. The molecule has 1 saturated heterocycles. The molecule has 1 aromatic heterocycles. The largest absolute Gasteiger partial charge is 0.373 e. The average Bonchev–Trinajstić information content (AvgIpc) is 3.08. The van der Waals surface area contributed by atoms with Crippen molar-refractivity contribution >= 4 is 5.82 Å². The summed E-state index contributed by atoms with van der Waals surface area (Å²) in [7, 11) is 1.88. The molecule has 0 radical (unpaired) electrons. The van der Waals surface area contributed by atoms with Crippen LogP contribution in [0.15, 0.2) is 30.3 Å². The minimum Gasteiger partial charge on any atom is -0.373 e. The van der Waals surface area contributed by atoms with E-state index in [-0.39, 0.29) is 0 Å². The van der Waals surface area contributed by atoms with Crippen molar-refractivity contribution in [3.8, 4) is 11.4 Å². The highest BCUT2D eigenvalue weighted by Gasteiger charge is 2.19.